The van der Waals surface area contributed by atoms with Crippen LogP contribution < -0.4 is 0 Å². The summed E-state index contributed by atoms with van der Waals surface area (Å²) in [6.45, 7) is 6.65. The van der Waals surface area contributed by atoms with Crippen LogP contribution in [0.15, 0.2) is 11.1 Å². The van der Waals surface area contributed by atoms with Gasteiger partial charge in [0.05, 0.1) is 12.9 Å². The van der Waals surface area contributed by atoms with Crippen LogP contribution in [0, 0.1) is 0 Å². The number of esters is 1. The second kappa shape index (κ2) is 5.76. The zero-order valence-electron chi connectivity index (χ0n) is 10.8. The molecular formula is C13H22O2S. The van der Waals surface area contributed by atoms with Crippen LogP contribution in [0.1, 0.15) is 46.5 Å². The summed E-state index contributed by atoms with van der Waals surface area (Å²) in [5, 5.41) is 0. The van der Waals surface area contributed by atoms with E-state index in [4.69, 9.17) is 0 Å². The van der Waals surface area contributed by atoms with Crippen LogP contribution in [0.3, 0.4) is 0 Å². The minimum atomic E-state index is -0.112. The lowest BCUT2D eigenvalue weighted by Gasteiger charge is -2.34. The van der Waals surface area contributed by atoms with Gasteiger partial charge in [0.15, 0.2) is 0 Å². The van der Waals surface area contributed by atoms with Gasteiger partial charge in [-0.25, -0.2) is 0 Å². The van der Waals surface area contributed by atoms with E-state index in [0.717, 1.165) is 0 Å². The Morgan fingerprint density at radius 3 is 2.38 bits per heavy atom. The van der Waals surface area contributed by atoms with Gasteiger partial charge in [-0.15, -0.1) is 11.8 Å². The fourth-order valence-electron chi connectivity index (χ4n) is 2.02. The Labute approximate surface area is 103 Å². The highest BCUT2D eigenvalue weighted by Crippen LogP contribution is 2.42. The van der Waals surface area contributed by atoms with Gasteiger partial charge in [0.2, 0.25) is 0 Å². The fourth-order valence-corrected chi connectivity index (χ4v) is 3.09. The van der Waals surface area contributed by atoms with Gasteiger partial charge < -0.3 is 4.74 Å². The molecule has 0 unspecified atom stereocenters. The summed E-state index contributed by atoms with van der Waals surface area (Å²) >= 11 is 1.75. The van der Waals surface area contributed by atoms with E-state index in [1.807, 2.05) is 0 Å². The van der Waals surface area contributed by atoms with Crippen molar-refractivity contribution in [3.8, 4) is 0 Å². The predicted molar refractivity (Wildman–Crippen MR) is 69.7 cm³/mol. The molecule has 0 spiro atoms. The van der Waals surface area contributed by atoms with Crippen LogP contribution in [0.4, 0.5) is 0 Å². The van der Waals surface area contributed by atoms with Gasteiger partial charge in [0.25, 0.3) is 0 Å². The first-order valence-electron chi connectivity index (χ1n) is 5.83. The third-order valence-corrected chi connectivity index (χ3v) is 4.87. The standard InChI is InChI=1S/C13H22O2S/c1-10(2)11-5-7-13(3,8-6-11)16-9-12(14)15-4/h5-9H2,1-4H3. The number of thioether (sulfide) groups is 1. The summed E-state index contributed by atoms with van der Waals surface area (Å²) in [4.78, 5) is 11.1. The SMILES string of the molecule is COC(=O)CSC1(C)CCC(=C(C)C)CC1. The maximum Gasteiger partial charge on any atom is 0.315 e. The highest BCUT2D eigenvalue weighted by Gasteiger charge is 2.30. The summed E-state index contributed by atoms with van der Waals surface area (Å²) in [7, 11) is 1.45. The molecule has 92 valence electrons. The van der Waals surface area contributed by atoms with E-state index in [0.29, 0.717) is 5.75 Å². The summed E-state index contributed by atoms with van der Waals surface area (Å²) in [6, 6.07) is 0. The zero-order valence-corrected chi connectivity index (χ0v) is 11.6. The molecule has 0 N–H and O–H groups in total. The molecule has 0 aromatic heterocycles. The van der Waals surface area contributed by atoms with Crippen molar-refractivity contribution in [1.82, 2.24) is 0 Å². The highest BCUT2D eigenvalue weighted by molar-refractivity contribution is 8.01. The molecule has 0 aliphatic heterocycles. The molecule has 0 bridgehead atoms. The number of ether oxygens (including phenoxy) is 1. The van der Waals surface area contributed by atoms with Gasteiger partial charge >= 0.3 is 5.97 Å². The van der Waals surface area contributed by atoms with Crippen LogP contribution in [-0.4, -0.2) is 23.6 Å². The van der Waals surface area contributed by atoms with Crippen molar-refractivity contribution in [1.29, 1.82) is 0 Å². The van der Waals surface area contributed by atoms with Gasteiger partial charge in [-0.05, 0) is 39.5 Å². The fraction of sp³-hybridized carbons (Fsp3) is 0.769. The lowest BCUT2D eigenvalue weighted by Crippen LogP contribution is -2.26. The average molecular weight is 242 g/mol. The van der Waals surface area contributed by atoms with Crippen molar-refractivity contribution in [2.75, 3.05) is 12.9 Å². The summed E-state index contributed by atoms with van der Waals surface area (Å²) in [5.41, 5.74) is 3.08. The van der Waals surface area contributed by atoms with Gasteiger partial charge in [0.1, 0.15) is 0 Å². The Morgan fingerprint density at radius 2 is 1.94 bits per heavy atom. The lowest BCUT2D eigenvalue weighted by atomic mass is 9.84. The number of rotatable bonds is 3. The normalized spacial score (nSPS) is 25.4. The number of hydrogen-bond acceptors (Lipinski definition) is 3. The minimum absolute atomic E-state index is 0.112. The van der Waals surface area contributed by atoms with Gasteiger partial charge in [-0.1, -0.05) is 18.1 Å². The van der Waals surface area contributed by atoms with Crippen molar-refractivity contribution >= 4 is 17.7 Å². The van der Waals surface area contributed by atoms with Crippen molar-refractivity contribution in [3.05, 3.63) is 11.1 Å². The quantitative estimate of drug-likeness (QED) is 0.559. The Kier molecular flexibility index (Phi) is 4.90. The van der Waals surface area contributed by atoms with Crippen LogP contribution >= 0.6 is 11.8 Å². The molecule has 1 fully saturated rings. The predicted octanol–water partition coefficient (Wildman–Crippen LogP) is 3.56. The molecule has 1 rings (SSSR count). The van der Waals surface area contributed by atoms with Gasteiger partial charge in [-0.2, -0.15) is 0 Å². The first-order valence-corrected chi connectivity index (χ1v) is 6.81. The number of hydrogen-bond donors (Lipinski definition) is 0. The number of carbonyl (C=O) groups excluding carboxylic acids is 1. The molecule has 0 aromatic rings. The van der Waals surface area contributed by atoms with Gasteiger partial charge in [-0.3, -0.25) is 4.79 Å². The van der Waals surface area contributed by atoms with Crippen molar-refractivity contribution < 1.29 is 9.53 Å². The zero-order chi connectivity index (χ0) is 12.2. The molecule has 0 saturated heterocycles. The molecule has 2 nitrogen and oxygen atoms in total. The molecule has 1 saturated carbocycles. The number of methoxy groups -OCH3 is 1. The lowest BCUT2D eigenvalue weighted by molar-refractivity contribution is -0.137. The Bertz CT molecular complexity index is 280. The van der Waals surface area contributed by atoms with E-state index in [9.17, 15) is 4.79 Å². The summed E-state index contributed by atoms with van der Waals surface area (Å²) < 4.78 is 4.93. The van der Waals surface area contributed by atoms with E-state index in [-0.39, 0.29) is 10.7 Å². The molecule has 0 radical (unpaired) electrons. The van der Waals surface area contributed by atoms with Gasteiger partial charge in [0, 0.05) is 4.75 Å². The summed E-state index contributed by atoms with van der Waals surface area (Å²) in [5.74, 6) is 0.371. The molecule has 3 heteroatoms. The van der Waals surface area contributed by atoms with Crippen LogP contribution in [-0.2, 0) is 9.53 Å². The summed E-state index contributed by atoms with van der Waals surface area (Å²) in [6.07, 6.45) is 4.73. The minimum Gasteiger partial charge on any atom is -0.468 e. The monoisotopic (exact) mass is 242 g/mol. The second-order valence-corrected chi connectivity index (χ2v) is 6.48. The molecule has 0 heterocycles. The number of carbonyl (C=O) groups is 1. The second-order valence-electron chi connectivity index (χ2n) is 4.92. The van der Waals surface area contributed by atoms with E-state index in [2.05, 4.69) is 25.5 Å². The largest absolute Gasteiger partial charge is 0.468 e. The maximum absolute atomic E-state index is 11.1. The first-order chi connectivity index (χ1) is 7.47. The maximum atomic E-state index is 11.1. The number of allylic oxidation sites excluding steroid dienone is 2. The molecule has 16 heavy (non-hydrogen) atoms. The van der Waals surface area contributed by atoms with Crippen molar-refractivity contribution in [3.63, 3.8) is 0 Å². The van der Waals surface area contributed by atoms with Crippen molar-refractivity contribution in [2.45, 2.75) is 51.2 Å². The Balaban J connectivity index is 2.44. The third kappa shape index (κ3) is 3.85. The van der Waals surface area contributed by atoms with Crippen LogP contribution in [0.25, 0.3) is 0 Å². The molecular weight excluding hydrogens is 220 g/mol. The van der Waals surface area contributed by atoms with Crippen LogP contribution in [0.2, 0.25) is 0 Å². The molecule has 0 atom stereocenters. The van der Waals surface area contributed by atoms with E-state index >= 15 is 0 Å². The van der Waals surface area contributed by atoms with E-state index in [1.54, 1.807) is 17.3 Å². The first kappa shape index (κ1) is 13.6. The smallest absolute Gasteiger partial charge is 0.315 e. The topological polar surface area (TPSA) is 26.3 Å². The Hall–Kier alpha value is -0.440. The van der Waals surface area contributed by atoms with Crippen molar-refractivity contribution in [2.24, 2.45) is 0 Å². The third-order valence-electron chi connectivity index (χ3n) is 3.38. The van der Waals surface area contributed by atoms with E-state index in [1.165, 1.54) is 38.4 Å². The van der Waals surface area contributed by atoms with Crippen LogP contribution in [0.5, 0.6) is 0 Å². The molecule has 1 aliphatic carbocycles. The molecule has 0 amide bonds. The molecule has 0 aromatic carbocycles. The highest BCUT2D eigenvalue weighted by atomic mass is 32.2. The molecule has 1 aliphatic rings. The Morgan fingerprint density at radius 1 is 1.38 bits per heavy atom. The van der Waals surface area contributed by atoms with E-state index < -0.39 is 0 Å². The average Bonchev–Trinajstić information content (AvgIpc) is 2.26.